The van der Waals surface area contributed by atoms with Crippen LogP contribution in [0.1, 0.15) is 187 Å². The number of benzene rings is 6. The third-order valence-corrected chi connectivity index (χ3v) is 18.4. The van der Waals surface area contributed by atoms with Crippen molar-refractivity contribution in [2.24, 2.45) is 0 Å². The lowest BCUT2D eigenvalue weighted by Gasteiger charge is -2.44. The van der Waals surface area contributed by atoms with Crippen LogP contribution in [0.25, 0.3) is 21.2 Å². The van der Waals surface area contributed by atoms with Gasteiger partial charge in [0.05, 0.1) is 11.4 Å². The number of anilines is 6. The molecule has 7 aromatic rings. The van der Waals surface area contributed by atoms with Crippen molar-refractivity contribution < 1.29 is 0 Å². The minimum atomic E-state index is 0.128. The Morgan fingerprint density at radius 3 is 1.82 bits per heavy atom. The molecule has 6 aromatic carbocycles. The van der Waals surface area contributed by atoms with Gasteiger partial charge in [-0.3, -0.25) is 0 Å². The van der Waals surface area contributed by atoms with Crippen LogP contribution in [0.4, 0.5) is 34.1 Å². The molecular formula is C67H79BN2S. The number of hydrogen-bond donors (Lipinski definition) is 0. The molecule has 366 valence electrons. The highest BCUT2D eigenvalue weighted by molar-refractivity contribution is 7.33. The quantitative estimate of drug-likeness (QED) is 0.0555. The number of hydrogen-bond acceptors (Lipinski definition) is 3. The van der Waals surface area contributed by atoms with Crippen LogP contribution in [0, 0.1) is 0 Å². The molecule has 2 nitrogen and oxygen atoms in total. The van der Waals surface area contributed by atoms with Crippen LogP contribution in [0.3, 0.4) is 0 Å². The van der Waals surface area contributed by atoms with Crippen molar-refractivity contribution in [3.8, 4) is 11.1 Å². The first-order valence-corrected chi connectivity index (χ1v) is 29.6. The summed E-state index contributed by atoms with van der Waals surface area (Å²) in [5.74, 6) is 0.568. The van der Waals surface area contributed by atoms with Gasteiger partial charge in [-0.15, -0.1) is 11.3 Å². The summed E-state index contributed by atoms with van der Waals surface area (Å²) in [5.41, 5.74) is 28.2. The molecular weight excluding hydrogens is 876 g/mol. The molecule has 0 radical (unpaired) electrons. The molecule has 3 heterocycles. The van der Waals surface area contributed by atoms with E-state index in [1.807, 2.05) is 0 Å². The first-order chi connectivity index (χ1) is 35.0. The van der Waals surface area contributed by atoms with Gasteiger partial charge < -0.3 is 9.80 Å². The molecule has 2 aliphatic heterocycles. The highest BCUT2D eigenvalue weighted by atomic mass is 32.1. The molecule has 4 heteroatoms. The van der Waals surface area contributed by atoms with Gasteiger partial charge in [-0.1, -0.05) is 123 Å². The van der Waals surface area contributed by atoms with Gasteiger partial charge in [-0.25, -0.2) is 0 Å². The number of aryl methyl sites for hydroxylation is 6. The Labute approximate surface area is 432 Å². The van der Waals surface area contributed by atoms with E-state index in [2.05, 4.69) is 160 Å². The second-order valence-electron chi connectivity index (χ2n) is 22.0. The van der Waals surface area contributed by atoms with E-state index in [4.69, 9.17) is 0 Å². The predicted octanol–water partition coefficient (Wildman–Crippen LogP) is 17.7. The van der Waals surface area contributed by atoms with E-state index in [-0.39, 0.29) is 6.71 Å². The van der Waals surface area contributed by atoms with Gasteiger partial charge in [-0.05, 0) is 230 Å². The highest BCUT2D eigenvalue weighted by Crippen LogP contribution is 2.52. The molecule has 0 bridgehead atoms. The van der Waals surface area contributed by atoms with Crippen LogP contribution in [0.5, 0.6) is 0 Å². The van der Waals surface area contributed by atoms with Crippen molar-refractivity contribution in [1.82, 2.24) is 0 Å². The molecule has 0 fully saturated rings. The zero-order valence-electron chi connectivity index (χ0n) is 44.3. The van der Waals surface area contributed by atoms with Crippen molar-refractivity contribution >= 4 is 78.0 Å². The molecule has 71 heavy (non-hydrogen) atoms. The molecule has 4 aliphatic rings. The van der Waals surface area contributed by atoms with Gasteiger partial charge in [0.25, 0.3) is 6.71 Å². The van der Waals surface area contributed by atoms with Crippen LogP contribution < -0.4 is 25.5 Å². The lowest BCUT2D eigenvalue weighted by molar-refractivity contribution is 0.596. The maximum atomic E-state index is 2.81. The normalized spacial score (nSPS) is 14.8. The molecule has 2 aliphatic carbocycles. The Morgan fingerprint density at radius 2 is 1.14 bits per heavy atom. The van der Waals surface area contributed by atoms with Crippen LogP contribution in [0.2, 0.25) is 0 Å². The summed E-state index contributed by atoms with van der Waals surface area (Å²) < 4.78 is 2.92. The third kappa shape index (κ3) is 8.91. The smallest absolute Gasteiger partial charge is 0.264 e. The Morgan fingerprint density at radius 1 is 0.521 bits per heavy atom. The van der Waals surface area contributed by atoms with E-state index >= 15 is 0 Å². The monoisotopic (exact) mass is 955 g/mol. The van der Waals surface area contributed by atoms with E-state index in [9.17, 15) is 0 Å². The van der Waals surface area contributed by atoms with Crippen LogP contribution in [0.15, 0.2) is 97.1 Å². The third-order valence-electron chi connectivity index (χ3n) is 17.2. The van der Waals surface area contributed by atoms with E-state index in [1.165, 1.54) is 209 Å². The minimum absolute atomic E-state index is 0.128. The van der Waals surface area contributed by atoms with Crippen molar-refractivity contribution in [3.63, 3.8) is 0 Å². The van der Waals surface area contributed by atoms with E-state index in [0.29, 0.717) is 5.92 Å². The Kier molecular flexibility index (Phi) is 14.4. The first-order valence-electron chi connectivity index (χ1n) is 28.8. The summed E-state index contributed by atoms with van der Waals surface area (Å²) in [6.45, 7) is 14.2. The summed E-state index contributed by atoms with van der Waals surface area (Å²) >= 11 is 2.07. The Hall–Kier alpha value is -5.06. The number of thiophene rings is 1. The fourth-order valence-corrected chi connectivity index (χ4v) is 14.8. The molecule has 11 rings (SSSR count). The number of rotatable bonds is 20. The van der Waals surface area contributed by atoms with Crippen LogP contribution >= 0.6 is 11.3 Å². The zero-order valence-corrected chi connectivity index (χ0v) is 45.1. The lowest BCUT2D eigenvalue weighted by atomic mass is 9.36. The van der Waals surface area contributed by atoms with E-state index in [1.54, 1.807) is 27.8 Å². The molecule has 0 N–H and O–H groups in total. The zero-order chi connectivity index (χ0) is 48.6. The topological polar surface area (TPSA) is 6.48 Å². The fraction of sp³-hybridized carbons (Fsp3) is 0.433. The largest absolute Gasteiger partial charge is 0.311 e. The Bertz CT molecular complexity index is 3010. The first kappa shape index (κ1) is 48.2. The maximum absolute atomic E-state index is 2.81. The fourth-order valence-electron chi connectivity index (χ4n) is 13.5. The summed E-state index contributed by atoms with van der Waals surface area (Å²) in [6.07, 6.45) is 26.4. The van der Waals surface area contributed by atoms with E-state index < -0.39 is 0 Å². The van der Waals surface area contributed by atoms with Gasteiger partial charge >= 0.3 is 0 Å². The summed E-state index contributed by atoms with van der Waals surface area (Å²) in [7, 11) is 0. The second-order valence-corrected chi connectivity index (χ2v) is 23.1. The molecule has 0 spiro atoms. The van der Waals surface area contributed by atoms with Crippen molar-refractivity contribution in [2.75, 3.05) is 9.80 Å². The van der Waals surface area contributed by atoms with Crippen molar-refractivity contribution in [3.05, 3.63) is 147 Å². The SMILES string of the molecule is CCCCCc1ccc2c(c1)B1c3sc4ccc(C(CC)CCC)cc4c3N(c3ccc(CCCC)cc3)c3cc(CCCC)cc(c31)N2c1ccc(CCCC)cc1-c1c2c(cc3c1CCC3)CCC2. The molecule has 0 amide bonds. The standard InChI is InChI=1S/C67H79BN2S/c1-7-13-17-24-47-32-37-60-58(40-47)68-65-61(69(53-34-29-45(30-35-53)21-14-8-2)66-57-44-50(49(12-6)20-11-5)33-38-63(57)71-67(66)68)41-48(23-16-10-4)42-62(65)70(60)59-36-31-46(22-15-9-3)39-56(59)64-54-27-18-25-51(54)43-52-26-19-28-55(52)64/h29-44,49H,7-28H2,1-6H3. The number of fused-ring (bicyclic) bond motifs is 8. The average molecular weight is 955 g/mol. The lowest BCUT2D eigenvalue weighted by Crippen LogP contribution is -2.60. The predicted molar refractivity (Wildman–Crippen MR) is 312 cm³/mol. The van der Waals surface area contributed by atoms with Crippen molar-refractivity contribution in [1.29, 1.82) is 0 Å². The summed E-state index contributed by atoms with van der Waals surface area (Å²) in [5, 5.41) is 1.43. The van der Waals surface area contributed by atoms with Gasteiger partial charge in [0, 0.05) is 43.2 Å². The minimum Gasteiger partial charge on any atom is -0.311 e. The maximum Gasteiger partial charge on any atom is 0.264 e. The van der Waals surface area contributed by atoms with Crippen LogP contribution in [-0.4, -0.2) is 6.71 Å². The summed E-state index contributed by atoms with van der Waals surface area (Å²) in [4.78, 5) is 5.57. The number of nitrogens with zero attached hydrogens (tertiary/aromatic N) is 2. The molecule has 1 atom stereocenters. The average Bonchev–Trinajstić information content (AvgIpc) is 4.17. The highest BCUT2D eigenvalue weighted by Gasteiger charge is 2.46. The van der Waals surface area contributed by atoms with Gasteiger partial charge in [-0.2, -0.15) is 0 Å². The molecule has 0 saturated carbocycles. The Balaban J connectivity index is 1.22. The molecule has 0 saturated heterocycles. The van der Waals surface area contributed by atoms with Crippen LogP contribution in [-0.2, 0) is 51.4 Å². The van der Waals surface area contributed by atoms with Gasteiger partial charge in [0.2, 0.25) is 0 Å². The van der Waals surface area contributed by atoms with Gasteiger partial charge in [0.1, 0.15) is 0 Å². The van der Waals surface area contributed by atoms with E-state index in [0.717, 1.165) is 25.7 Å². The second kappa shape index (κ2) is 21.2. The molecule has 1 unspecified atom stereocenters. The summed E-state index contributed by atoms with van der Waals surface area (Å²) in [6, 6.07) is 40.8. The van der Waals surface area contributed by atoms with Crippen molar-refractivity contribution in [2.45, 2.75) is 189 Å². The number of unbranched alkanes of at least 4 members (excludes halogenated alkanes) is 5. The molecule has 1 aromatic heterocycles. The van der Waals surface area contributed by atoms with Gasteiger partial charge in [0.15, 0.2) is 0 Å².